The van der Waals surface area contributed by atoms with E-state index in [4.69, 9.17) is 14.4 Å². The van der Waals surface area contributed by atoms with Gasteiger partial charge in [0.2, 0.25) is 0 Å². The van der Waals surface area contributed by atoms with Gasteiger partial charge >= 0.3 is 0 Å². The average molecular weight is 744 g/mol. The summed E-state index contributed by atoms with van der Waals surface area (Å²) >= 11 is 0. The third kappa shape index (κ3) is 4.95. The largest absolute Gasteiger partial charge is 0.456 e. The van der Waals surface area contributed by atoms with Crippen molar-refractivity contribution >= 4 is 65.6 Å². The molecule has 0 aliphatic rings. The van der Waals surface area contributed by atoms with Crippen molar-refractivity contribution in [1.29, 1.82) is 0 Å². The van der Waals surface area contributed by atoms with Crippen molar-refractivity contribution < 1.29 is 4.42 Å². The number of rotatable bonds is 5. The highest BCUT2D eigenvalue weighted by molar-refractivity contribution is 6.16. The van der Waals surface area contributed by atoms with Crippen molar-refractivity contribution in [3.05, 3.63) is 188 Å². The summed E-state index contributed by atoms with van der Waals surface area (Å²) in [4.78, 5) is 14.2. The molecule has 6 heteroatoms. The molecule has 4 heterocycles. The number of para-hydroxylation sites is 4. The summed E-state index contributed by atoms with van der Waals surface area (Å²) < 4.78 is 11.0. The van der Waals surface area contributed by atoms with Gasteiger partial charge in [0.25, 0.3) is 0 Å². The molecule has 0 atom stereocenters. The number of aromatic nitrogens is 5. The maximum absolute atomic E-state index is 6.19. The smallest absolute Gasteiger partial charge is 0.163 e. The van der Waals surface area contributed by atoms with E-state index < -0.39 is 0 Å². The zero-order chi connectivity index (χ0) is 38.3. The number of fused-ring (bicyclic) bond motifs is 9. The van der Waals surface area contributed by atoms with Gasteiger partial charge in [-0.25, -0.2) is 15.0 Å². The second-order valence-electron chi connectivity index (χ2n) is 14.9. The van der Waals surface area contributed by atoms with E-state index >= 15 is 0 Å². The van der Waals surface area contributed by atoms with Crippen LogP contribution in [0.5, 0.6) is 0 Å². The molecule has 0 aliphatic heterocycles. The number of nitrogens with zero attached hydrogens (tertiary/aromatic N) is 5. The van der Waals surface area contributed by atoms with Crippen molar-refractivity contribution in [1.82, 2.24) is 24.1 Å². The van der Waals surface area contributed by atoms with Crippen LogP contribution in [-0.4, -0.2) is 24.1 Å². The maximum atomic E-state index is 6.19. The van der Waals surface area contributed by atoms with Gasteiger partial charge in [0, 0.05) is 60.4 Å². The summed E-state index contributed by atoms with van der Waals surface area (Å²) in [6.07, 6.45) is 0. The lowest BCUT2D eigenvalue weighted by Gasteiger charge is -2.13. The van der Waals surface area contributed by atoms with Gasteiger partial charge in [-0.15, -0.1) is 0 Å². The third-order valence-electron chi connectivity index (χ3n) is 11.5. The number of aryl methyl sites for hydroxylation is 1. The summed E-state index contributed by atoms with van der Waals surface area (Å²) in [6.45, 7) is 1.92. The van der Waals surface area contributed by atoms with E-state index in [1.54, 1.807) is 0 Å². The molecule has 6 nitrogen and oxygen atoms in total. The zero-order valence-corrected chi connectivity index (χ0v) is 31.5. The average Bonchev–Trinajstić information content (AvgIpc) is 3.94. The fourth-order valence-electron chi connectivity index (χ4n) is 8.88. The van der Waals surface area contributed by atoms with E-state index in [9.17, 15) is 0 Å². The molecule has 0 unspecified atom stereocenters. The van der Waals surface area contributed by atoms with Crippen LogP contribution in [-0.2, 0) is 0 Å². The van der Waals surface area contributed by atoms with Gasteiger partial charge in [0.05, 0.1) is 22.1 Å². The van der Waals surface area contributed by atoms with Crippen LogP contribution in [0, 0.1) is 6.92 Å². The van der Waals surface area contributed by atoms with E-state index in [-0.39, 0.29) is 0 Å². The first-order valence-corrected chi connectivity index (χ1v) is 19.5. The van der Waals surface area contributed by atoms with Gasteiger partial charge in [-0.2, -0.15) is 0 Å². The molecular weight excluding hydrogens is 711 g/mol. The highest BCUT2D eigenvalue weighted by Gasteiger charge is 2.20. The first-order valence-electron chi connectivity index (χ1n) is 19.5. The van der Waals surface area contributed by atoms with Crippen LogP contribution in [0.25, 0.3) is 111 Å². The van der Waals surface area contributed by atoms with Crippen LogP contribution in [0.3, 0.4) is 0 Å². The Labute approximate surface area is 332 Å². The van der Waals surface area contributed by atoms with Gasteiger partial charge in [-0.05, 0) is 85.3 Å². The van der Waals surface area contributed by atoms with E-state index in [2.05, 4.69) is 154 Å². The molecule has 4 aromatic heterocycles. The second kappa shape index (κ2) is 12.6. The van der Waals surface area contributed by atoms with E-state index in [0.29, 0.717) is 17.5 Å². The van der Waals surface area contributed by atoms with E-state index in [1.807, 2.05) is 49.4 Å². The topological polar surface area (TPSA) is 61.7 Å². The minimum Gasteiger partial charge on any atom is -0.456 e. The molecule has 272 valence electrons. The number of hydrogen-bond donors (Lipinski definition) is 0. The lowest BCUT2D eigenvalue weighted by molar-refractivity contribution is 0.669. The summed E-state index contributed by atoms with van der Waals surface area (Å²) in [5.41, 5.74) is 12.8. The Balaban J connectivity index is 1.02. The van der Waals surface area contributed by atoms with Crippen molar-refractivity contribution in [2.24, 2.45) is 0 Å². The van der Waals surface area contributed by atoms with Crippen LogP contribution in [0.15, 0.2) is 186 Å². The maximum Gasteiger partial charge on any atom is 0.163 e. The minimum atomic E-state index is 0.659. The van der Waals surface area contributed by atoms with Crippen LogP contribution in [0.1, 0.15) is 5.82 Å². The van der Waals surface area contributed by atoms with Gasteiger partial charge in [0.1, 0.15) is 17.0 Å². The molecule has 0 spiro atoms. The Hall–Kier alpha value is -7.83. The standard InChI is InChI=1S/C52H33N5O/c1-32-53-51(33-12-3-2-4-13-33)55-52(54-32)34-22-25-36(26-23-34)57-46-20-9-5-14-39(46)42-18-11-17-38(50(42)57)35-24-28-47-43(30-35)40-15-6-8-19-45(40)56(47)37-27-29-49-44(31-37)41-16-7-10-21-48(41)58-49/h2-31H,1H3. The number of benzene rings is 8. The molecule has 58 heavy (non-hydrogen) atoms. The van der Waals surface area contributed by atoms with Crippen LogP contribution in [0.4, 0.5) is 0 Å². The molecular formula is C52H33N5O. The second-order valence-corrected chi connectivity index (χ2v) is 14.9. The monoisotopic (exact) mass is 743 g/mol. The quantitative estimate of drug-likeness (QED) is 0.176. The number of furan rings is 1. The molecule has 0 fully saturated rings. The van der Waals surface area contributed by atoms with Crippen LogP contribution < -0.4 is 0 Å². The van der Waals surface area contributed by atoms with Crippen molar-refractivity contribution in [3.8, 4) is 45.3 Å². The SMILES string of the molecule is Cc1nc(-c2ccccc2)nc(-c2ccc(-n3c4ccccc4c4cccc(-c5ccc6c(c5)c5ccccc5n6-c5ccc6oc7ccccc7c6c5)c43)cc2)n1. The summed E-state index contributed by atoms with van der Waals surface area (Å²) in [7, 11) is 0. The Morgan fingerprint density at radius 3 is 1.76 bits per heavy atom. The highest BCUT2D eigenvalue weighted by atomic mass is 16.3. The summed E-state index contributed by atoms with van der Waals surface area (Å²) in [5.74, 6) is 2.02. The molecule has 12 rings (SSSR count). The van der Waals surface area contributed by atoms with Gasteiger partial charge in [-0.3, -0.25) is 0 Å². The van der Waals surface area contributed by atoms with Crippen molar-refractivity contribution in [2.75, 3.05) is 0 Å². The van der Waals surface area contributed by atoms with Crippen LogP contribution in [0.2, 0.25) is 0 Å². The van der Waals surface area contributed by atoms with Gasteiger partial charge in [0.15, 0.2) is 11.6 Å². The molecule has 0 bridgehead atoms. The Bertz CT molecular complexity index is 3580. The third-order valence-corrected chi connectivity index (χ3v) is 11.5. The Morgan fingerprint density at radius 2 is 0.966 bits per heavy atom. The summed E-state index contributed by atoms with van der Waals surface area (Å²) in [5, 5.41) is 7.08. The predicted octanol–water partition coefficient (Wildman–Crippen LogP) is 13.3. The minimum absolute atomic E-state index is 0.659. The molecule has 0 amide bonds. The Kier molecular flexibility index (Phi) is 7.04. The lowest BCUT2D eigenvalue weighted by atomic mass is 10.00. The van der Waals surface area contributed by atoms with Gasteiger partial charge < -0.3 is 13.6 Å². The molecule has 8 aromatic carbocycles. The molecule has 0 aliphatic carbocycles. The highest BCUT2D eigenvalue weighted by Crippen LogP contribution is 2.41. The summed E-state index contributed by atoms with van der Waals surface area (Å²) in [6, 6.07) is 64.4. The van der Waals surface area contributed by atoms with Crippen molar-refractivity contribution in [2.45, 2.75) is 6.92 Å². The fourth-order valence-corrected chi connectivity index (χ4v) is 8.88. The zero-order valence-electron chi connectivity index (χ0n) is 31.5. The molecule has 0 saturated carbocycles. The van der Waals surface area contributed by atoms with E-state index in [0.717, 1.165) is 61.0 Å². The van der Waals surface area contributed by atoms with E-state index in [1.165, 1.54) is 38.1 Å². The number of hydrogen-bond acceptors (Lipinski definition) is 4. The van der Waals surface area contributed by atoms with Crippen LogP contribution >= 0.6 is 0 Å². The van der Waals surface area contributed by atoms with Crippen molar-refractivity contribution in [3.63, 3.8) is 0 Å². The van der Waals surface area contributed by atoms with Gasteiger partial charge in [-0.1, -0.05) is 109 Å². The first-order chi connectivity index (χ1) is 28.7. The fraction of sp³-hybridized carbons (Fsp3) is 0.0192. The lowest BCUT2D eigenvalue weighted by Crippen LogP contribution is -2.00. The molecule has 12 aromatic rings. The molecule has 0 radical (unpaired) electrons. The molecule has 0 saturated heterocycles. The molecule has 0 N–H and O–H groups in total. The normalized spacial score (nSPS) is 11.9. The Morgan fingerprint density at radius 1 is 0.379 bits per heavy atom. The predicted molar refractivity (Wildman–Crippen MR) is 237 cm³/mol. The first kappa shape index (κ1) is 32.4.